The lowest BCUT2D eigenvalue weighted by atomic mass is 9.83. The van der Waals surface area contributed by atoms with E-state index in [4.69, 9.17) is 5.73 Å². The van der Waals surface area contributed by atoms with Crippen molar-refractivity contribution in [2.24, 2.45) is 10.7 Å². The predicted octanol–water partition coefficient (Wildman–Crippen LogP) is 2.50. The highest BCUT2D eigenvalue weighted by molar-refractivity contribution is 6.09. The summed E-state index contributed by atoms with van der Waals surface area (Å²) in [7, 11) is 1.49. The van der Waals surface area contributed by atoms with Crippen LogP contribution in [0.5, 0.6) is 0 Å². The van der Waals surface area contributed by atoms with E-state index in [-0.39, 0.29) is 23.8 Å². The Kier molecular flexibility index (Phi) is 5.10. The predicted molar refractivity (Wildman–Crippen MR) is 111 cm³/mol. The molecule has 0 saturated heterocycles. The van der Waals surface area contributed by atoms with E-state index in [0.29, 0.717) is 23.0 Å². The molecular weight excluding hydrogens is 404 g/mol. The summed E-state index contributed by atoms with van der Waals surface area (Å²) in [5.74, 6) is -1.10. The van der Waals surface area contributed by atoms with E-state index in [9.17, 15) is 18.4 Å². The number of benzene rings is 1. The third kappa shape index (κ3) is 3.18. The van der Waals surface area contributed by atoms with Crippen LogP contribution in [0.25, 0.3) is 11.1 Å². The number of amides is 1. The Morgan fingerprint density at radius 2 is 2.00 bits per heavy atom. The molecule has 0 aliphatic carbocycles. The van der Waals surface area contributed by atoms with Crippen LogP contribution >= 0.6 is 0 Å². The minimum absolute atomic E-state index is 0.00569. The number of carbonyl (C=O) groups excluding carboxylic acids is 2. The fourth-order valence-corrected chi connectivity index (χ4v) is 3.80. The van der Waals surface area contributed by atoms with Crippen molar-refractivity contribution in [3.63, 3.8) is 0 Å². The first-order valence-corrected chi connectivity index (χ1v) is 9.49. The number of halogens is 2. The van der Waals surface area contributed by atoms with Gasteiger partial charge in [0.15, 0.2) is 17.8 Å². The summed E-state index contributed by atoms with van der Waals surface area (Å²) >= 11 is 0. The van der Waals surface area contributed by atoms with Crippen LogP contribution in [-0.2, 0) is 16.9 Å². The highest BCUT2D eigenvalue weighted by Gasteiger charge is 2.50. The molecule has 2 aromatic heterocycles. The minimum atomic E-state index is -1.59. The first kappa shape index (κ1) is 20.4. The number of alkyl halides is 1. The van der Waals surface area contributed by atoms with Gasteiger partial charge in [0.05, 0.1) is 12.2 Å². The van der Waals surface area contributed by atoms with Gasteiger partial charge in [0, 0.05) is 30.6 Å². The Labute approximate surface area is 176 Å². The number of guanidine groups is 1. The molecule has 31 heavy (non-hydrogen) atoms. The quantitative estimate of drug-likeness (QED) is 0.487. The number of hydrogen-bond acceptors (Lipinski definition) is 5. The van der Waals surface area contributed by atoms with Gasteiger partial charge in [-0.2, -0.15) is 4.39 Å². The van der Waals surface area contributed by atoms with E-state index in [1.807, 2.05) is 0 Å². The van der Waals surface area contributed by atoms with Crippen LogP contribution in [0.3, 0.4) is 0 Å². The topological polar surface area (TPSA) is 93.6 Å². The highest BCUT2D eigenvalue weighted by Crippen LogP contribution is 2.41. The molecule has 0 spiro atoms. The number of nitrogens with zero attached hydrogens (tertiary/aromatic N) is 4. The second-order valence-electron chi connectivity index (χ2n) is 7.12. The SMILES string of the molecule is CN1C(=O)C(c2cccc(-c3cccnc3F)c2)(c2cc(C=O)n(CCF)c2)N=C1N. The van der Waals surface area contributed by atoms with Crippen molar-refractivity contribution in [2.45, 2.75) is 12.1 Å². The summed E-state index contributed by atoms with van der Waals surface area (Å²) in [6, 6.07) is 11.4. The maximum Gasteiger partial charge on any atom is 0.266 e. The summed E-state index contributed by atoms with van der Waals surface area (Å²) < 4.78 is 28.7. The standard InChI is InChI=1S/C22H19F2N5O2/c1-28-20(31)22(27-21(28)25,16-11-17(13-30)29(12-16)9-7-23)15-5-2-4-14(10-15)18-6-3-8-26-19(18)24/h2-6,8,10-13H,7,9H2,1H3,(H2,25,27). The van der Waals surface area contributed by atoms with Crippen LogP contribution in [0.2, 0.25) is 0 Å². The van der Waals surface area contributed by atoms with Gasteiger partial charge < -0.3 is 10.3 Å². The molecule has 0 bridgehead atoms. The van der Waals surface area contributed by atoms with Crippen LogP contribution in [0, 0.1) is 5.95 Å². The first-order valence-electron chi connectivity index (χ1n) is 9.49. The Bertz CT molecular complexity index is 1210. The maximum absolute atomic E-state index is 14.3. The van der Waals surface area contributed by atoms with Gasteiger partial charge in [-0.15, -0.1) is 0 Å². The van der Waals surface area contributed by atoms with Crippen LogP contribution in [-0.4, -0.2) is 46.3 Å². The molecule has 1 amide bonds. The lowest BCUT2D eigenvalue weighted by Gasteiger charge is -2.25. The van der Waals surface area contributed by atoms with E-state index in [2.05, 4.69) is 9.98 Å². The molecule has 0 fully saturated rings. The molecule has 1 aliphatic heterocycles. The van der Waals surface area contributed by atoms with Crippen LogP contribution < -0.4 is 5.73 Å². The van der Waals surface area contributed by atoms with E-state index < -0.39 is 24.1 Å². The molecule has 2 N–H and O–H groups in total. The van der Waals surface area contributed by atoms with Gasteiger partial charge in [0.1, 0.15) is 6.67 Å². The number of nitrogens with two attached hydrogens (primary N) is 1. The number of aromatic nitrogens is 2. The molecule has 9 heteroatoms. The first-order chi connectivity index (χ1) is 14.9. The summed E-state index contributed by atoms with van der Waals surface area (Å²) in [6.07, 6.45) is 3.46. The van der Waals surface area contributed by atoms with Crippen LogP contribution in [0.1, 0.15) is 21.6 Å². The number of aryl methyl sites for hydroxylation is 1. The lowest BCUT2D eigenvalue weighted by molar-refractivity contribution is -0.129. The van der Waals surface area contributed by atoms with Crippen molar-refractivity contribution < 1.29 is 18.4 Å². The van der Waals surface area contributed by atoms with Crippen LogP contribution in [0.15, 0.2) is 59.9 Å². The molecule has 1 aromatic carbocycles. The van der Waals surface area contributed by atoms with Gasteiger partial charge in [-0.3, -0.25) is 14.5 Å². The number of hydrogen-bond donors (Lipinski definition) is 1. The minimum Gasteiger partial charge on any atom is -0.369 e. The van der Waals surface area contributed by atoms with Crippen molar-refractivity contribution in [1.29, 1.82) is 0 Å². The monoisotopic (exact) mass is 423 g/mol. The van der Waals surface area contributed by atoms with Gasteiger partial charge in [-0.05, 0) is 35.4 Å². The van der Waals surface area contributed by atoms with Crippen molar-refractivity contribution in [1.82, 2.24) is 14.5 Å². The number of aliphatic imine (C=N–C) groups is 1. The van der Waals surface area contributed by atoms with E-state index in [1.165, 1.54) is 35.0 Å². The fraction of sp³-hybridized carbons (Fsp3) is 0.182. The van der Waals surface area contributed by atoms with Gasteiger partial charge in [0.2, 0.25) is 5.95 Å². The molecule has 1 aliphatic rings. The molecule has 158 valence electrons. The van der Waals surface area contributed by atoms with E-state index >= 15 is 0 Å². The second-order valence-corrected chi connectivity index (χ2v) is 7.12. The number of carbonyl (C=O) groups is 2. The van der Waals surface area contributed by atoms with Gasteiger partial charge in [-0.25, -0.2) is 14.4 Å². The molecule has 0 saturated carbocycles. The Morgan fingerprint density at radius 1 is 1.19 bits per heavy atom. The van der Waals surface area contributed by atoms with Gasteiger partial charge in [-0.1, -0.05) is 18.2 Å². The summed E-state index contributed by atoms with van der Waals surface area (Å²) in [4.78, 5) is 34.3. The second kappa shape index (κ2) is 7.75. The molecule has 4 rings (SSSR count). The normalized spacial score (nSPS) is 18.4. The number of aldehydes is 1. The average molecular weight is 423 g/mol. The lowest BCUT2D eigenvalue weighted by Crippen LogP contribution is -2.41. The molecular formula is C22H19F2N5O2. The third-order valence-corrected chi connectivity index (χ3v) is 5.38. The largest absolute Gasteiger partial charge is 0.369 e. The molecule has 3 heterocycles. The Morgan fingerprint density at radius 3 is 2.65 bits per heavy atom. The van der Waals surface area contributed by atoms with Gasteiger partial charge in [0.25, 0.3) is 5.91 Å². The fourth-order valence-electron chi connectivity index (χ4n) is 3.80. The summed E-state index contributed by atoms with van der Waals surface area (Å²) in [6.45, 7) is -0.731. The number of pyridine rings is 1. The Hall–Kier alpha value is -3.88. The molecule has 1 atom stereocenters. The molecule has 0 radical (unpaired) electrons. The maximum atomic E-state index is 14.3. The third-order valence-electron chi connectivity index (χ3n) is 5.38. The molecule has 7 nitrogen and oxygen atoms in total. The van der Waals surface area contributed by atoms with Crippen molar-refractivity contribution in [2.75, 3.05) is 13.7 Å². The highest BCUT2D eigenvalue weighted by atomic mass is 19.1. The van der Waals surface area contributed by atoms with Crippen molar-refractivity contribution >= 4 is 18.2 Å². The van der Waals surface area contributed by atoms with Crippen molar-refractivity contribution in [3.05, 3.63) is 77.6 Å². The zero-order valence-corrected chi connectivity index (χ0v) is 16.6. The summed E-state index contributed by atoms with van der Waals surface area (Å²) in [5.41, 5.74) is 6.15. The number of likely N-dealkylation sites (N-methyl/N-ethyl adjacent to an activating group) is 1. The van der Waals surface area contributed by atoms with Crippen LogP contribution in [0.4, 0.5) is 8.78 Å². The zero-order valence-electron chi connectivity index (χ0n) is 16.6. The van der Waals surface area contributed by atoms with Gasteiger partial charge >= 0.3 is 0 Å². The summed E-state index contributed by atoms with van der Waals surface area (Å²) in [5, 5.41) is 0. The van der Waals surface area contributed by atoms with E-state index in [0.717, 1.165) is 0 Å². The molecule has 1 unspecified atom stereocenters. The van der Waals surface area contributed by atoms with Crippen molar-refractivity contribution in [3.8, 4) is 11.1 Å². The van der Waals surface area contributed by atoms with E-state index in [1.54, 1.807) is 36.4 Å². The average Bonchev–Trinajstić information content (AvgIpc) is 3.29. The Balaban J connectivity index is 1.95. The smallest absolute Gasteiger partial charge is 0.266 e. The number of rotatable bonds is 6. The zero-order chi connectivity index (χ0) is 22.2. The molecule has 3 aromatic rings.